The Bertz CT molecular complexity index is 134. The monoisotopic (exact) mass is 286 g/mol. The molecular formula is C17H38OSi. The summed E-state index contributed by atoms with van der Waals surface area (Å²) in [6.45, 7) is 5.60. The smallest absolute Gasteiger partial charge is 0.161 e. The lowest BCUT2D eigenvalue weighted by Gasteiger charge is -2.04. The van der Waals surface area contributed by atoms with Crippen molar-refractivity contribution in [1.82, 2.24) is 0 Å². The molecule has 0 spiro atoms. The lowest BCUT2D eigenvalue weighted by Crippen LogP contribution is -2.00. The van der Waals surface area contributed by atoms with Gasteiger partial charge in [0.15, 0.2) is 9.76 Å². The van der Waals surface area contributed by atoms with Crippen LogP contribution >= 0.6 is 0 Å². The van der Waals surface area contributed by atoms with Crippen LogP contribution in [-0.4, -0.2) is 16.4 Å². The molecule has 116 valence electrons. The fourth-order valence-electron chi connectivity index (χ4n) is 2.42. The van der Waals surface area contributed by atoms with Gasteiger partial charge in [-0.1, -0.05) is 90.9 Å². The molecule has 0 atom stereocenters. The Hall–Kier alpha value is 0.177. The van der Waals surface area contributed by atoms with Gasteiger partial charge in [-0.25, -0.2) is 0 Å². The van der Waals surface area contributed by atoms with Crippen molar-refractivity contribution in [3.05, 3.63) is 0 Å². The molecule has 0 bridgehead atoms. The fourth-order valence-corrected chi connectivity index (χ4v) is 3.74. The highest BCUT2D eigenvalue weighted by Crippen LogP contribution is 2.11. The highest BCUT2D eigenvalue weighted by atomic mass is 28.2. The van der Waals surface area contributed by atoms with E-state index >= 15 is 0 Å². The molecule has 19 heavy (non-hydrogen) atoms. The van der Waals surface area contributed by atoms with Crippen LogP contribution < -0.4 is 0 Å². The molecule has 1 nitrogen and oxygen atoms in total. The zero-order valence-corrected chi connectivity index (χ0v) is 15.1. The van der Waals surface area contributed by atoms with Crippen LogP contribution in [0, 0.1) is 0 Å². The first-order valence-corrected chi connectivity index (χ1v) is 10.6. The normalized spacial score (nSPS) is 11.7. The molecule has 0 aliphatic rings. The van der Waals surface area contributed by atoms with Gasteiger partial charge in [-0.05, 0) is 12.5 Å². The van der Waals surface area contributed by atoms with Gasteiger partial charge in [0.25, 0.3) is 0 Å². The summed E-state index contributed by atoms with van der Waals surface area (Å²) in [5.74, 6) is 0. The second-order valence-electron chi connectivity index (χ2n) is 5.86. The van der Waals surface area contributed by atoms with Crippen molar-refractivity contribution in [1.29, 1.82) is 0 Å². The largest absolute Gasteiger partial charge is 0.424 e. The SMILES string of the molecule is CCCCCCCCCCCCCO[SiH2]CCCC. The minimum atomic E-state index is -0.158. The number of unbranched alkanes of at least 4 members (excludes halogenated alkanes) is 11. The molecule has 0 rings (SSSR count). The van der Waals surface area contributed by atoms with E-state index in [0.29, 0.717) is 0 Å². The highest BCUT2D eigenvalue weighted by Gasteiger charge is 1.94. The Morgan fingerprint density at radius 2 is 1.05 bits per heavy atom. The summed E-state index contributed by atoms with van der Waals surface area (Å²) in [7, 11) is -0.158. The maximum atomic E-state index is 5.76. The Kier molecular flexibility index (Phi) is 18.3. The minimum Gasteiger partial charge on any atom is -0.424 e. The van der Waals surface area contributed by atoms with Crippen molar-refractivity contribution in [2.45, 2.75) is 103 Å². The predicted octanol–water partition coefficient (Wildman–Crippen LogP) is 5.62. The molecule has 0 N–H and O–H groups in total. The van der Waals surface area contributed by atoms with Gasteiger partial charge in [0, 0.05) is 6.61 Å². The lowest BCUT2D eigenvalue weighted by atomic mass is 10.1. The summed E-state index contributed by atoms with van der Waals surface area (Å²) in [6.07, 6.45) is 18.4. The summed E-state index contributed by atoms with van der Waals surface area (Å²) in [5.41, 5.74) is 0. The van der Waals surface area contributed by atoms with E-state index in [0.717, 1.165) is 6.61 Å². The maximum absolute atomic E-state index is 5.76. The van der Waals surface area contributed by atoms with E-state index in [-0.39, 0.29) is 9.76 Å². The topological polar surface area (TPSA) is 9.23 Å². The van der Waals surface area contributed by atoms with Crippen molar-refractivity contribution in [2.75, 3.05) is 6.61 Å². The maximum Gasteiger partial charge on any atom is 0.161 e. The first-order valence-electron chi connectivity index (χ1n) is 8.99. The van der Waals surface area contributed by atoms with Crippen molar-refractivity contribution >= 4 is 9.76 Å². The molecule has 0 heterocycles. The molecule has 0 aliphatic heterocycles. The Morgan fingerprint density at radius 3 is 1.58 bits per heavy atom. The number of hydrogen-bond acceptors (Lipinski definition) is 1. The molecule has 0 saturated carbocycles. The van der Waals surface area contributed by atoms with E-state index in [2.05, 4.69) is 13.8 Å². The van der Waals surface area contributed by atoms with Crippen LogP contribution in [0.25, 0.3) is 0 Å². The Labute approximate surface area is 124 Å². The van der Waals surface area contributed by atoms with Gasteiger partial charge in [0.1, 0.15) is 0 Å². The number of hydrogen-bond donors (Lipinski definition) is 0. The third-order valence-electron chi connectivity index (χ3n) is 3.78. The van der Waals surface area contributed by atoms with Crippen molar-refractivity contribution in [3.63, 3.8) is 0 Å². The first kappa shape index (κ1) is 19.2. The molecular weight excluding hydrogens is 248 g/mol. The number of rotatable bonds is 16. The highest BCUT2D eigenvalue weighted by molar-refractivity contribution is 6.26. The molecule has 0 unspecified atom stereocenters. The molecule has 0 radical (unpaired) electrons. The lowest BCUT2D eigenvalue weighted by molar-refractivity contribution is 0.319. The average Bonchev–Trinajstić information content (AvgIpc) is 2.43. The standard InChI is InChI=1S/C17H38OSi/c1-3-5-7-8-9-10-11-12-13-14-15-16-18-19-17-6-4-2/h3-17,19H2,1-2H3. The van der Waals surface area contributed by atoms with E-state index in [1.807, 2.05) is 0 Å². The van der Waals surface area contributed by atoms with E-state index in [4.69, 9.17) is 4.43 Å². The quantitative estimate of drug-likeness (QED) is 0.264. The van der Waals surface area contributed by atoms with Crippen LogP contribution in [0.4, 0.5) is 0 Å². The third kappa shape index (κ3) is 18.2. The van der Waals surface area contributed by atoms with Gasteiger partial charge in [-0.15, -0.1) is 0 Å². The summed E-state index contributed by atoms with van der Waals surface area (Å²) in [5, 5.41) is 0. The summed E-state index contributed by atoms with van der Waals surface area (Å²) >= 11 is 0. The van der Waals surface area contributed by atoms with Crippen LogP contribution in [0.5, 0.6) is 0 Å². The van der Waals surface area contributed by atoms with Gasteiger partial charge >= 0.3 is 0 Å². The van der Waals surface area contributed by atoms with Crippen LogP contribution in [-0.2, 0) is 4.43 Å². The van der Waals surface area contributed by atoms with E-state index < -0.39 is 0 Å². The molecule has 0 aliphatic carbocycles. The molecule has 0 aromatic rings. The summed E-state index contributed by atoms with van der Waals surface area (Å²) in [6, 6.07) is 1.38. The minimum absolute atomic E-state index is 0.158. The first-order chi connectivity index (χ1) is 9.41. The molecule has 0 saturated heterocycles. The van der Waals surface area contributed by atoms with E-state index in [1.165, 1.54) is 89.5 Å². The molecule has 2 heteroatoms. The van der Waals surface area contributed by atoms with Gasteiger partial charge in [-0.3, -0.25) is 0 Å². The van der Waals surface area contributed by atoms with E-state index in [1.54, 1.807) is 0 Å². The average molecular weight is 287 g/mol. The predicted molar refractivity (Wildman–Crippen MR) is 90.7 cm³/mol. The third-order valence-corrected chi connectivity index (χ3v) is 5.15. The van der Waals surface area contributed by atoms with Crippen LogP contribution in [0.2, 0.25) is 6.04 Å². The van der Waals surface area contributed by atoms with Gasteiger partial charge in [0.05, 0.1) is 0 Å². The van der Waals surface area contributed by atoms with Crippen LogP contribution in [0.1, 0.15) is 97.3 Å². The molecule has 0 amide bonds. The summed E-state index contributed by atoms with van der Waals surface area (Å²) in [4.78, 5) is 0. The van der Waals surface area contributed by atoms with Gasteiger partial charge in [0.2, 0.25) is 0 Å². The van der Waals surface area contributed by atoms with Crippen molar-refractivity contribution in [3.8, 4) is 0 Å². The second kappa shape index (κ2) is 18.2. The zero-order chi connectivity index (χ0) is 14.0. The Balaban J connectivity index is 2.88. The summed E-state index contributed by atoms with van der Waals surface area (Å²) < 4.78 is 5.76. The fraction of sp³-hybridized carbons (Fsp3) is 1.00. The molecule has 0 aromatic carbocycles. The molecule has 0 aromatic heterocycles. The van der Waals surface area contributed by atoms with Gasteiger partial charge in [-0.2, -0.15) is 0 Å². The second-order valence-corrected chi connectivity index (χ2v) is 7.38. The van der Waals surface area contributed by atoms with E-state index in [9.17, 15) is 0 Å². The van der Waals surface area contributed by atoms with Crippen molar-refractivity contribution in [2.24, 2.45) is 0 Å². The van der Waals surface area contributed by atoms with Crippen LogP contribution in [0.3, 0.4) is 0 Å². The van der Waals surface area contributed by atoms with Crippen molar-refractivity contribution < 1.29 is 4.43 Å². The van der Waals surface area contributed by atoms with Gasteiger partial charge < -0.3 is 4.43 Å². The van der Waals surface area contributed by atoms with Crippen LogP contribution in [0.15, 0.2) is 0 Å². The Morgan fingerprint density at radius 1 is 0.579 bits per heavy atom. The molecule has 0 fully saturated rings. The zero-order valence-electron chi connectivity index (χ0n) is 13.7.